The number of allylic oxidation sites excluding steroid dienone is 1. The average molecular weight is 396 g/mol. The Labute approximate surface area is 157 Å². The van der Waals surface area contributed by atoms with Crippen LogP contribution in [0.2, 0.25) is 0 Å². The molecule has 7 nitrogen and oxygen atoms in total. The lowest BCUT2D eigenvalue weighted by atomic mass is 9.82. The first-order valence-corrected chi connectivity index (χ1v) is 7.76. The second-order valence-corrected chi connectivity index (χ2v) is 5.63. The first-order chi connectivity index (χ1) is 13.1. The molecule has 1 atom stereocenters. The van der Waals surface area contributed by atoms with Crippen LogP contribution < -0.4 is 5.73 Å². The zero-order valence-corrected chi connectivity index (χ0v) is 14.8. The highest BCUT2D eigenvalue weighted by molar-refractivity contribution is 5.93. The maximum atomic E-state index is 13.1. The molecule has 148 valence electrons. The molecule has 10 heteroatoms. The van der Waals surface area contributed by atoms with Crippen molar-refractivity contribution < 1.29 is 37.0 Å². The fourth-order valence-corrected chi connectivity index (χ4v) is 2.71. The van der Waals surface area contributed by atoms with E-state index in [0.717, 1.165) is 32.4 Å². The second-order valence-electron chi connectivity index (χ2n) is 5.63. The third-order valence-corrected chi connectivity index (χ3v) is 3.98. The first kappa shape index (κ1) is 20.8. The van der Waals surface area contributed by atoms with Crippen molar-refractivity contribution in [3.63, 3.8) is 0 Å². The van der Waals surface area contributed by atoms with Crippen molar-refractivity contribution in [3.05, 3.63) is 58.2 Å². The van der Waals surface area contributed by atoms with Gasteiger partial charge >= 0.3 is 18.1 Å². The summed E-state index contributed by atoms with van der Waals surface area (Å²) in [4.78, 5) is 24.0. The van der Waals surface area contributed by atoms with Gasteiger partial charge in [0.2, 0.25) is 5.88 Å². The van der Waals surface area contributed by atoms with E-state index in [-0.39, 0.29) is 22.5 Å². The number of carbonyl (C=O) groups excluding carboxylic acids is 2. The number of hydrogen-bond donors (Lipinski definition) is 1. The first-order valence-electron chi connectivity index (χ1n) is 7.76. The quantitative estimate of drug-likeness (QED) is 0.778. The van der Waals surface area contributed by atoms with E-state index in [1.165, 1.54) is 6.07 Å². The molecule has 0 radical (unpaired) electrons. The molecule has 2 rings (SSSR count). The number of nitrogens with zero attached hydrogens (tertiary/aromatic N) is 1. The van der Waals surface area contributed by atoms with E-state index in [1.54, 1.807) is 6.07 Å². The van der Waals surface area contributed by atoms with Crippen molar-refractivity contribution in [2.75, 3.05) is 14.2 Å². The van der Waals surface area contributed by atoms with E-state index in [2.05, 4.69) is 9.47 Å². The fraction of sp³-hybridized carbons (Fsp3) is 0.278. The standard InChI is InChI=1S/C18H15F3N2O5/c1-26-13(24)7-12-15(17(25)27-2)14(11(8-22)16(23)28-12)9-4-3-5-10(6-9)18(19,20)21/h3-6,14H,7,23H2,1-2H3/t14-/m1/s1. The number of esters is 2. The number of carbonyl (C=O) groups is 2. The fourth-order valence-electron chi connectivity index (χ4n) is 2.71. The molecule has 0 aliphatic carbocycles. The topological polar surface area (TPSA) is 112 Å². The summed E-state index contributed by atoms with van der Waals surface area (Å²) in [6.45, 7) is 0. The minimum atomic E-state index is -4.65. The molecule has 0 bridgehead atoms. The summed E-state index contributed by atoms with van der Waals surface area (Å²) >= 11 is 0. The molecular formula is C18H15F3N2O5. The van der Waals surface area contributed by atoms with Crippen LogP contribution in [0.5, 0.6) is 0 Å². The maximum Gasteiger partial charge on any atom is 0.416 e. The molecule has 0 unspecified atom stereocenters. The van der Waals surface area contributed by atoms with E-state index in [1.807, 2.05) is 0 Å². The van der Waals surface area contributed by atoms with Crippen LogP contribution in [0.3, 0.4) is 0 Å². The van der Waals surface area contributed by atoms with Gasteiger partial charge in [-0.2, -0.15) is 18.4 Å². The van der Waals surface area contributed by atoms with Crippen LogP contribution in [0.1, 0.15) is 23.5 Å². The Hall–Kier alpha value is -3.48. The Morgan fingerprint density at radius 3 is 2.50 bits per heavy atom. The van der Waals surface area contributed by atoms with Crippen LogP contribution in [-0.4, -0.2) is 26.2 Å². The van der Waals surface area contributed by atoms with Crippen molar-refractivity contribution in [1.29, 1.82) is 5.26 Å². The highest BCUT2D eigenvalue weighted by Gasteiger charge is 2.39. The second kappa shape index (κ2) is 8.04. The summed E-state index contributed by atoms with van der Waals surface area (Å²) in [7, 11) is 2.15. The zero-order chi connectivity index (χ0) is 21.1. The van der Waals surface area contributed by atoms with Crippen molar-refractivity contribution in [2.45, 2.75) is 18.5 Å². The van der Waals surface area contributed by atoms with Gasteiger partial charge in [0.15, 0.2) is 0 Å². The number of rotatable bonds is 4. The predicted octanol–water partition coefficient (Wildman–Crippen LogP) is 2.50. The van der Waals surface area contributed by atoms with Gasteiger partial charge in [0.05, 0.1) is 31.3 Å². The maximum absolute atomic E-state index is 13.1. The van der Waals surface area contributed by atoms with Gasteiger partial charge in [0.25, 0.3) is 0 Å². The molecule has 0 saturated heterocycles. The van der Waals surface area contributed by atoms with Crippen molar-refractivity contribution in [1.82, 2.24) is 0 Å². The van der Waals surface area contributed by atoms with Gasteiger partial charge in [-0.3, -0.25) is 4.79 Å². The molecule has 1 heterocycles. The normalized spacial score (nSPS) is 16.9. The van der Waals surface area contributed by atoms with Crippen LogP contribution in [0.15, 0.2) is 47.1 Å². The molecule has 1 aromatic rings. The van der Waals surface area contributed by atoms with Gasteiger partial charge in [-0.1, -0.05) is 18.2 Å². The Morgan fingerprint density at radius 1 is 1.29 bits per heavy atom. The summed E-state index contributed by atoms with van der Waals surface area (Å²) in [5, 5.41) is 9.45. The summed E-state index contributed by atoms with van der Waals surface area (Å²) in [5.74, 6) is -3.78. The lowest BCUT2D eigenvalue weighted by Gasteiger charge is -2.28. The minimum Gasteiger partial charge on any atom is -0.469 e. The number of halogens is 3. The lowest BCUT2D eigenvalue weighted by Crippen LogP contribution is -2.27. The van der Waals surface area contributed by atoms with Crippen LogP contribution in [0.25, 0.3) is 0 Å². The van der Waals surface area contributed by atoms with Gasteiger partial charge in [0.1, 0.15) is 23.8 Å². The van der Waals surface area contributed by atoms with E-state index < -0.39 is 41.9 Å². The van der Waals surface area contributed by atoms with Gasteiger partial charge in [0, 0.05) is 0 Å². The van der Waals surface area contributed by atoms with Gasteiger partial charge < -0.3 is 19.9 Å². The molecular weight excluding hydrogens is 381 g/mol. The van der Waals surface area contributed by atoms with Gasteiger partial charge in [-0.15, -0.1) is 0 Å². The van der Waals surface area contributed by atoms with Gasteiger partial charge in [-0.25, -0.2) is 4.79 Å². The highest BCUT2D eigenvalue weighted by atomic mass is 19.4. The molecule has 1 aliphatic rings. The number of nitriles is 1. The SMILES string of the molecule is COC(=O)CC1=C(C(=O)OC)[C@H](c2cccc(C(F)(F)F)c2)C(C#N)=C(N)O1. The Balaban J connectivity index is 2.73. The van der Waals surface area contributed by atoms with Crippen LogP contribution in [0.4, 0.5) is 13.2 Å². The Bertz CT molecular complexity index is 913. The van der Waals surface area contributed by atoms with E-state index >= 15 is 0 Å². The van der Waals surface area contributed by atoms with E-state index in [0.29, 0.717) is 0 Å². The smallest absolute Gasteiger partial charge is 0.416 e. The summed E-state index contributed by atoms with van der Waals surface area (Å²) in [6.07, 6.45) is -5.18. The number of methoxy groups -OCH3 is 2. The third kappa shape index (κ3) is 4.09. The molecule has 0 spiro atoms. The zero-order valence-electron chi connectivity index (χ0n) is 14.8. The van der Waals surface area contributed by atoms with Crippen LogP contribution in [-0.2, 0) is 30.0 Å². The molecule has 28 heavy (non-hydrogen) atoms. The van der Waals surface area contributed by atoms with Crippen molar-refractivity contribution >= 4 is 11.9 Å². The summed E-state index contributed by atoms with van der Waals surface area (Å²) in [5.41, 5.74) is 4.11. The summed E-state index contributed by atoms with van der Waals surface area (Å²) in [6, 6.07) is 5.82. The highest BCUT2D eigenvalue weighted by Crippen LogP contribution is 2.42. The molecule has 0 aromatic heterocycles. The number of nitrogens with two attached hydrogens (primary N) is 1. The van der Waals surface area contributed by atoms with E-state index in [4.69, 9.17) is 10.5 Å². The van der Waals surface area contributed by atoms with Crippen LogP contribution >= 0.6 is 0 Å². The molecule has 2 N–H and O–H groups in total. The number of alkyl halides is 3. The molecule has 0 saturated carbocycles. The largest absolute Gasteiger partial charge is 0.469 e. The molecule has 0 fully saturated rings. The van der Waals surface area contributed by atoms with Gasteiger partial charge in [-0.05, 0) is 11.6 Å². The third-order valence-electron chi connectivity index (χ3n) is 3.98. The predicted molar refractivity (Wildman–Crippen MR) is 87.8 cm³/mol. The lowest BCUT2D eigenvalue weighted by molar-refractivity contribution is -0.140. The number of benzene rings is 1. The Morgan fingerprint density at radius 2 is 1.96 bits per heavy atom. The van der Waals surface area contributed by atoms with Crippen molar-refractivity contribution in [3.8, 4) is 6.07 Å². The van der Waals surface area contributed by atoms with E-state index in [9.17, 15) is 28.0 Å². The number of ether oxygens (including phenoxy) is 3. The molecule has 0 amide bonds. The molecule has 1 aromatic carbocycles. The summed E-state index contributed by atoms with van der Waals surface area (Å²) < 4.78 is 53.8. The average Bonchev–Trinajstić information content (AvgIpc) is 2.66. The van der Waals surface area contributed by atoms with Crippen LogP contribution in [0, 0.1) is 11.3 Å². The minimum absolute atomic E-state index is 0.0413. The van der Waals surface area contributed by atoms with Crippen molar-refractivity contribution in [2.24, 2.45) is 5.73 Å². The number of hydrogen-bond acceptors (Lipinski definition) is 7. The molecule has 1 aliphatic heterocycles. The Kier molecular flexibility index (Phi) is 5.98. The monoisotopic (exact) mass is 396 g/mol.